The molecule has 0 saturated carbocycles. The summed E-state index contributed by atoms with van der Waals surface area (Å²) in [6, 6.07) is 46.1. The van der Waals surface area contributed by atoms with Crippen LogP contribution in [-0.2, 0) is 0 Å². The van der Waals surface area contributed by atoms with Crippen molar-refractivity contribution in [3.8, 4) is 55.6 Å². The van der Waals surface area contributed by atoms with Crippen molar-refractivity contribution in [3.63, 3.8) is 0 Å². The van der Waals surface area contributed by atoms with E-state index in [0.717, 1.165) is 4.47 Å². The van der Waals surface area contributed by atoms with Crippen LogP contribution in [0.1, 0.15) is 0 Å². The maximum Gasteiger partial charge on any atom is 0.0254 e. The second kappa shape index (κ2) is 8.08. The molecule has 35 heavy (non-hydrogen) atoms. The van der Waals surface area contributed by atoms with E-state index in [-0.39, 0.29) is 0 Å². The molecule has 164 valence electrons. The van der Waals surface area contributed by atoms with Gasteiger partial charge in [0.15, 0.2) is 0 Å². The fourth-order valence-corrected chi connectivity index (χ4v) is 6.08. The Balaban J connectivity index is 1.71. The third-order valence-corrected chi connectivity index (χ3v) is 7.78. The molecule has 0 bridgehead atoms. The van der Waals surface area contributed by atoms with Gasteiger partial charge < -0.3 is 0 Å². The summed E-state index contributed by atoms with van der Waals surface area (Å²) in [5.74, 6) is 0. The van der Waals surface area contributed by atoms with E-state index in [1.807, 2.05) is 0 Å². The molecule has 0 aromatic heterocycles. The number of halogens is 1. The Morgan fingerprint density at radius 3 is 1.54 bits per heavy atom. The molecule has 0 aliphatic heterocycles. The maximum atomic E-state index is 3.82. The first-order valence-electron chi connectivity index (χ1n) is 11.9. The predicted molar refractivity (Wildman–Crippen MR) is 152 cm³/mol. The Labute approximate surface area is 213 Å². The van der Waals surface area contributed by atoms with E-state index in [0.29, 0.717) is 0 Å². The van der Waals surface area contributed by atoms with Crippen LogP contribution < -0.4 is 0 Å². The normalized spacial score (nSPS) is 11.6. The first kappa shape index (κ1) is 20.4. The lowest BCUT2D eigenvalue weighted by molar-refractivity contribution is 1.56. The van der Waals surface area contributed by atoms with E-state index in [1.54, 1.807) is 0 Å². The van der Waals surface area contributed by atoms with Crippen molar-refractivity contribution in [2.24, 2.45) is 0 Å². The standard InChI is InChI=1S/C34H21Br/c35-30-20-19-27-32-25(30)17-10-18-26(32)33-29(23-13-6-2-7-14-23)21-28(22-11-4-1-5-12-22)31(34(27)33)24-15-8-3-9-16-24/h1-21H. The third-order valence-electron chi connectivity index (χ3n) is 7.09. The van der Waals surface area contributed by atoms with Crippen LogP contribution in [0.2, 0.25) is 0 Å². The van der Waals surface area contributed by atoms with Crippen molar-refractivity contribution < 1.29 is 0 Å². The highest BCUT2D eigenvalue weighted by Gasteiger charge is 2.30. The van der Waals surface area contributed by atoms with E-state index in [2.05, 4.69) is 143 Å². The summed E-state index contributed by atoms with van der Waals surface area (Å²) < 4.78 is 1.14. The number of fused-ring (bicyclic) bond motifs is 3. The molecule has 6 aromatic carbocycles. The van der Waals surface area contributed by atoms with E-state index >= 15 is 0 Å². The van der Waals surface area contributed by atoms with Crippen LogP contribution in [0, 0.1) is 0 Å². The number of rotatable bonds is 3. The molecule has 1 aliphatic rings. The molecule has 1 heteroatoms. The minimum Gasteiger partial charge on any atom is -0.0622 e. The van der Waals surface area contributed by atoms with Gasteiger partial charge in [0, 0.05) is 4.47 Å². The van der Waals surface area contributed by atoms with Crippen LogP contribution in [0.3, 0.4) is 0 Å². The van der Waals surface area contributed by atoms with Crippen molar-refractivity contribution >= 4 is 26.7 Å². The summed E-state index contributed by atoms with van der Waals surface area (Å²) in [5.41, 5.74) is 12.8. The van der Waals surface area contributed by atoms with Crippen LogP contribution in [-0.4, -0.2) is 0 Å². The van der Waals surface area contributed by atoms with Crippen LogP contribution in [0.4, 0.5) is 0 Å². The highest BCUT2D eigenvalue weighted by molar-refractivity contribution is 9.10. The average Bonchev–Trinajstić information content (AvgIpc) is 3.27. The molecule has 0 amide bonds. The molecule has 0 saturated heterocycles. The highest BCUT2D eigenvalue weighted by atomic mass is 79.9. The summed E-state index contributed by atoms with van der Waals surface area (Å²) in [4.78, 5) is 0. The second-order valence-electron chi connectivity index (χ2n) is 9.02. The fraction of sp³-hybridized carbons (Fsp3) is 0. The molecule has 0 fully saturated rings. The topological polar surface area (TPSA) is 0 Å². The van der Waals surface area contributed by atoms with Crippen molar-refractivity contribution in [2.45, 2.75) is 0 Å². The molecule has 0 heterocycles. The summed E-state index contributed by atoms with van der Waals surface area (Å²) >= 11 is 3.82. The van der Waals surface area contributed by atoms with Crippen LogP contribution >= 0.6 is 15.9 Å². The fourth-order valence-electron chi connectivity index (χ4n) is 5.62. The lowest BCUT2D eigenvalue weighted by Gasteiger charge is -2.20. The highest BCUT2D eigenvalue weighted by Crippen LogP contribution is 2.57. The Morgan fingerprint density at radius 1 is 0.371 bits per heavy atom. The molecule has 0 unspecified atom stereocenters. The molecule has 7 rings (SSSR count). The smallest absolute Gasteiger partial charge is 0.0254 e. The minimum atomic E-state index is 1.14. The first-order valence-corrected chi connectivity index (χ1v) is 12.7. The van der Waals surface area contributed by atoms with Crippen molar-refractivity contribution in [1.29, 1.82) is 0 Å². The van der Waals surface area contributed by atoms with E-state index in [9.17, 15) is 0 Å². The molecule has 0 atom stereocenters. The van der Waals surface area contributed by atoms with Gasteiger partial charge >= 0.3 is 0 Å². The van der Waals surface area contributed by atoms with Gasteiger partial charge in [-0.3, -0.25) is 0 Å². The Hall–Kier alpha value is -3.94. The largest absolute Gasteiger partial charge is 0.0622 e. The van der Waals surface area contributed by atoms with Gasteiger partial charge in [-0.2, -0.15) is 0 Å². The Kier molecular flexibility index (Phi) is 4.72. The predicted octanol–water partition coefficient (Wildman–Crippen LogP) is 10.3. The molecule has 0 spiro atoms. The lowest BCUT2D eigenvalue weighted by atomic mass is 9.82. The zero-order valence-electron chi connectivity index (χ0n) is 19.0. The third kappa shape index (κ3) is 3.12. The zero-order valence-corrected chi connectivity index (χ0v) is 20.6. The molecule has 0 N–H and O–H groups in total. The van der Waals surface area contributed by atoms with E-state index in [4.69, 9.17) is 0 Å². The van der Waals surface area contributed by atoms with Crippen LogP contribution in [0.15, 0.2) is 132 Å². The zero-order chi connectivity index (χ0) is 23.4. The molecule has 6 aromatic rings. The quantitative estimate of drug-likeness (QED) is 0.222. The summed E-state index contributed by atoms with van der Waals surface area (Å²) in [5, 5.41) is 2.59. The molecule has 0 radical (unpaired) electrons. The first-order chi connectivity index (χ1) is 17.3. The van der Waals surface area contributed by atoms with Crippen molar-refractivity contribution in [3.05, 3.63) is 132 Å². The second-order valence-corrected chi connectivity index (χ2v) is 9.87. The molecule has 1 aliphatic carbocycles. The van der Waals surface area contributed by atoms with Gasteiger partial charge in [0.25, 0.3) is 0 Å². The minimum absolute atomic E-state index is 1.14. The molecular weight excluding hydrogens is 488 g/mol. The summed E-state index contributed by atoms with van der Waals surface area (Å²) in [6.45, 7) is 0. The van der Waals surface area contributed by atoms with Gasteiger partial charge in [0.1, 0.15) is 0 Å². The number of benzene rings is 6. The Bertz CT molecular complexity index is 1720. The summed E-state index contributed by atoms with van der Waals surface area (Å²) in [7, 11) is 0. The van der Waals surface area contributed by atoms with E-state index < -0.39 is 0 Å². The van der Waals surface area contributed by atoms with Crippen LogP contribution in [0.25, 0.3) is 66.4 Å². The molecular formula is C34H21Br. The van der Waals surface area contributed by atoms with Gasteiger partial charge in [-0.15, -0.1) is 0 Å². The molecule has 0 nitrogen and oxygen atoms in total. The lowest BCUT2D eigenvalue weighted by Crippen LogP contribution is -1.94. The van der Waals surface area contributed by atoms with Crippen molar-refractivity contribution in [1.82, 2.24) is 0 Å². The maximum absolute atomic E-state index is 3.82. The number of hydrogen-bond donors (Lipinski definition) is 0. The monoisotopic (exact) mass is 508 g/mol. The van der Waals surface area contributed by atoms with E-state index in [1.165, 1.54) is 66.4 Å². The average molecular weight is 509 g/mol. The van der Waals surface area contributed by atoms with Gasteiger partial charge in [0.2, 0.25) is 0 Å². The van der Waals surface area contributed by atoms with Gasteiger partial charge in [-0.25, -0.2) is 0 Å². The SMILES string of the molecule is Brc1ccc2c3c(cccc13)-c1c(-c3ccccc3)cc(-c3ccccc3)c(-c3ccccc3)c1-2. The van der Waals surface area contributed by atoms with Crippen LogP contribution in [0.5, 0.6) is 0 Å². The van der Waals surface area contributed by atoms with Gasteiger partial charge in [-0.05, 0) is 78.5 Å². The Morgan fingerprint density at radius 2 is 0.914 bits per heavy atom. The van der Waals surface area contributed by atoms with Gasteiger partial charge in [-0.1, -0.05) is 131 Å². The van der Waals surface area contributed by atoms with Gasteiger partial charge in [0.05, 0.1) is 0 Å². The van der Waals surface area contributed by atoms with Crippen molar-refractivity contribution in [2.75, 3.05) is 0 Å². The number of hydrogen-bond acceptors (Lipinski definition) is 0. The summed E-state index contributed by atoms with van der Waals surface area (Å²) in [6.07, 6.45) is 0.